The van der Waals surface area contributed by atoms with Crippen molar-refractivity contribution >= 4 is 5.91 Å². The van der Waals surface area contributed by atoms with E-state index in [2.05, 4.69) is 38.9 Å². The van der Waals surface area contributed by atoms with Gasteiger partial charge in [0.15, 0.2) is 5.82 Å². The van der Waals surface area contributed by atoms with Crippen LogP contribution in [0.15, 0.2) is 36.4 Å². The number of likely N-dealkylation sites (tertiary alicyclic amines) is 1. The van der Waals surface area contributed by atoms with E-state index in [1.54, 1.807) is 0 Å². The van der Waals surface area contributed by atoms with Gasteiger partial charge in [-0.1, -0.05) is 24.3 Å². The number of nitrogens with one attached hydrogen (secondary N) is 2. The quantitative estimate of drug-likeness (QED) is 0.821. The number of aromatic nitrogens is 3. The Morgan fingerprint density at radius 1 is 1.40 bits per heavy atom. The number of hydrogen-bond donors (Lipinski definition) is 2. The summed E-state index contributed by atoms with van der Waals surface area (Å²) in [7, 11) is 0. The molecule has 1 aliphatic heterocycles. The number of carbonyl (C=O) groups is 1. The number of benzene rings is 1. The van der Waals surface area contributed by atoms with E-state index in [1.165, 1.54) is 5.57 Å². The number of piperidine rings is 1. The third-order valence-corrected chi connectivity index (χ3v) is 4.40. The largest absolute Gasteiger partial charge is 0.349 e. The van der Waals surface area contributed by atoms with Crippen LogP contribution in [0.3, 0.4) is 0 Å². The molecular weight excluding hydrogens is 314 g/mol. The van der Waals surface area contributed by atoms with Gasteiger partial charge in [0, 0.05) is 36.8 Å². The third kappa shape index (κ3) is 4.54. The molecule has 0 atom stereocenters. The molecule has 1 fully saturated rings. The molecule has 1 amide bonds. The molecule has 2 N–H and O–H groups in total. The van der Waals surface area contributed by atoms with Crippen LogP contribution >= 0.6 is 0 Å². The minimum absolute atomic E-state index is 0.0348. The fraction of sp³-hybridized carbons (Fsp3) is 0.421. The molecule has 0 bridgehead atoms. The molecule has 6 nitrogen and oxygen atoms in total. The van der Waals surface area contributed by atoms with Gasteiger partial charge in [-0.15, -0.1) is 0 Å². The first-order chi connectivity index (χ1) is 12.0. The van der Waals surface area contributed by atoms with Crippen molar-refractivity contribution in [3.05, 3.63) is 47.8 Å². The molecular formula is C19H25N5O. The predicted molar refractivity (Wildman–Crippen MR) is 98.3 cm³/mol. The third-order valence-electron chi connectivity index (χ3n) is 4.40. The number of hydrogen-bond acceptors (Lipinski definition) is 4. The Balaban J connectivity index is 1.60. The summed E-state index contributed by atoms with van der Waals surface area (Å²) >= 11 is 0. The molecule has 1 aromatic carbocycles. The van der Waals surface area contributed by atoms with Crippen LogP contribution in [-0.2, 0) is 0 Å². The summed E-state index contributed by atoms with van der Waals surface area (Å²) in [5.41, 5.74) is 2.67. The lowest BCUT2D eigenvalue weighted by atomic mass is 10.0. The number of aryl methyl sites for hydroxylation is 1. The lowest BCUT2D eigenvalue weighted by molar-refractivity contribution is 0.0913. The predicted octanol–water partition coefficient (Wildman–Crippen LogP) is 2.55. The average molecular weight is 339 g/mol. The smallest absolute Gasteiger partial charge is 0.251 e. The van der Waals surface area contributed by atoms with E-state index in [9.17, 15) is 4.79 Å². The summed E-state index contributed by atoms with van der Waals surface area (Å²) in [5, 5.41) is 10.1. The Hall–Kier alpha value is -2.47. The summed E-state index contributed by atoms with van der Waals surface area (Å²) in [6.45, 7) is 10.8. The molecule has 3 rings (SSSR count). The Morgan fingerprint density at radius 2 is 2.16 bits per heavy atom. The van der Waals surface area contributed by atoms with Gasteiger partial charge in [0.2, 0.25) is 0 Å². The van der Waals surface area contributed by atoms with Crippen LogP contribution in [0.4, 0.5) is 0 Å². The van der Waals surface area contributed by atoms with Crippen LogP contribution in [0.5, 0.6) is 0 Å². The molecule has 0 unspecified atom stereocenters. The Bertz CT molecular complexity index is 759. The lowest BCUT2D eigenvalue weighted by Crippen LogP contribution is -2.44. The fourth-order valence-electron chi connectivity index (χ4n) is 3.16. The highest BCUT2D eigenvalue weighted by molar-refractivity contribution is 5.95. The first-order valence-electron chi connectivity index (χ1n) is 8.68. The molecule has 1 saturated heterocycles. The maximum atomic E-state index is 12.6. The maximum Gasteiger partial charge on any atom is 0.251 e. The molecule has 25 heavy (non-hydrogen) atoms. The standard InChI is InChI=1S/C19H25N5O/c1-13(2)12-24-9-7-17(8-10-24)21-19(25)16-6-4-5-15(11-16)18-20-14(3)22-23-18/h4-6,11,17H,1,7-10,12H2,2-3H3,(H,21,25)(H,20,22,23). The normalized spacial score (nSPS) is 15.9. The number of rotatable bonds is 5. The van der Waals surface area contributed by atoms with Crippen LogP contribution in [-0.4, -0.2) is 51.7 Å². The van der Waals surface area contributed by atoms with E-state index in [0.29, 0.717) is 11.4 Å². The maximum absolute atomic E-state index is 12.6. The summed E-state index contributed by atoms with van der Waals surface area (Å²) in [6.07, 6.45) is 1.94. The Morgan fingerprint density at radius 3 is 2.80 bits per heavy atom. The highest BCUT2D eigenvalue weighted by Gasteiger charge is 2.21. The molecule has 2 aromatic rings. The number of aromatic amines is 1. The molecule has 0 radical (unpaired) electrons. The molecule has 132 valence electrons. The summed E-state index contributed by atoms with van der Waals surface area (Å²) in [4.78, 5) is 19.3. The minimum Gasteiger partial charge on any atom is -0.349 e. The minimum atomic E-state index is -0.0348. The molecule has 1 aliphatic rings. The van der Waals surface area contributed by atoms with Crippen molar-refractivity contribution in [2.75, 3.05) is 19.6 Å². The van der Waals surface area contributed by atoms with E-state index in [4.69, 9.17) is 0 Å². The van der Waals surface area contributed by atoms with Crippen LogP contribution in [0.25, 0.3) is 11.4 Å². The van der Waals surface area contributed by atoms with Crippen molar-refractivity contribution in [2.45, 2.75) is 32.7 Å². The SMILES string of the molecule is C=C(C)CN1CCC(NC(=O)c2cccc(-c3n[nH]c(C)n3)c2)CC1. The van der Waals surface area contributed by atoms with Crippen molar-refractivity contribution in [3.8, 4) is 11.4 Å². The van der Waals surface area contributed by atoms with E-state index in [0.717, 1.165) is 43.9 Å². The van der Waals surface area contributed by atoms with Crippen molar-refractivity contribution in [1.82, 2.24) is 25.4 Å². The van der Waals surface area contributed by atoms with Crippen molar-refractivity contribution in [1.29, 1.82) is 0 Å². The van der Waals surface area contributed by atoms with Crippen LogP contribution in [0.1, 0.15) is 35.9 Å². The Labute approximate surface area is 148 Å². The molecule has 2 heterocycles. The topological polar surface area (TPSA) is 73.9 Å². The van der Waals surface area contributed by atoms with Crippen molar-refractivity contribution in [2.24, 2.45) is 0 Å². The number of carbonyl (C=O) groups excluding carboxylic acids is 1. The molecule has 0 spiro atoms. The van der Waals surface area contributed by atoms with Gasteiger partial charge in [-0.2, -0.15) is 5.10 Å². The second kappa shape index (κ2) is 7.61. The summed E-state index contributed by atoms with van der Waals surface area (Å²) in [6, 6.07) is 7.67. The van der Waals surface area contributed by atoms with Gasteiger partial charge in [-0.05, 0) is 38.8 Å². The Kier molecular flexibility index (Phi) is 5.28. The van der Waals surface area contributed by atoms with E-state index in [1.807, 2.05) is 31.2 Å². The molecule has 1 aromatic heterocycles. The zero-order valence-electron chi connectivity index (χ0n) is 14.9. The molecule has 6 heteroatoms. The van der Waals surface area contributed by atoms with E-state index < -0.39 is 0 Å². The average Bonchev–Trinajstić information content (AvgIpc) is 3.03. The van der Waals surface area contributed by atoms with Gasteiger partial charge in [0.25, 0.3) is 5.91 Å². The zero-order valence-corrected chi connectivity index (χ0v) is 14.9. The van der Waals surface area contributed by atoms with Gasteiger partial charge >= 0.3 is 0 Å². The monoisotopic (exact) mass is 339 g/mol. The second-order valence-electron chi connectivity index (χ2n) is 6.81. The van der Waals surface area contributed by atoms with Gasteiger partial charge in [-0.3, -0.25) is 14.8 Å². The van der Waals surface area contributed by atoms with Gasteiger partial charge in [0.05, 0.1) is 0 Å². The van der Waals surface area contributed by atoms with Crippen molar-refractivity contribution in [3.63, 3.8) is 0 Å². The van der Waals surface area contributed by atoms with E-state index >= 15 is 0 Å². The van der Waals surface area contributed by atoms with Crippen LogP contribution in [0, 0.1) is 6.92 Å². The second-order valence-corrected chi connectivity index (χ2v) is 6.81. The molecule has 0 aliphatic carbocycles. The van der Waals surface area contributed by atoms with Crippen LogP contribution < -0.4 is 5.32 Å². The fourth-order valence-corrected chi connectivity index (χ4v) is 3.16. The number of amides is 1. The lowest BCUT2D eigenvalue weighted by Gasteiger charge is -2.32. The highest BCUT2D eigenvalue weighted by atomic mass is 16.1. The van der Waals surface area contributed by atoms with Gasteiger partial charge < -0.3 is 5.32 Å². The zero-order chi connectivity index (χ0) is 17.8. The van der Waals surface area contributed by atoms with E-state index in [-0.39, 0.29) is 11.9 Å². The highest BCUT2D eigenvalue weighted by Crippen LogP contribution is 2.17. The number of H-pyrrole nitrogens is 1. The van der Waals surface area contributed by atoms with Gasteiger partial charge in [-0.25, -0.2) is 4.98 Å². The van der Waals surface area contributed by atoms with Gasteiger partial charge in [0.1, 0.15) is 5.82 Å². The first-order valence-corrected chi connectivity index (χ1v) is 8.68. The van der Waals surface area contributed by atoms with Crippen LogP contribution in [0.2, 0.25) is 0 Å². The number of nitrogens with zero attached hydrogens (tertiary/aromatic N) is 3. The summed E-state index contributed by atoms with van der Waals surface area (Å²) < 4.78 is 0. The summed E-state index contributed by atoms with van der Waals surface area (Å²) in [5.74, 6) is 1.33. The molecule has 0 saturated carbocycles. The first kappa shape index (κ1) is 17.4. The van der Waals surface area contributed by atoms with Crippen molar-refractivity contribution < 1.29 is 4.79 Å².